The molecule has 0 radical (unpaired) electrons. The lowest BCUT2D eigenvalue weighted by Gasteiger charge is -2.09. The van der Waals surface area contributed by atoms with Crippen LogP contribution in [0.5, 0.6) is 5.75 Å². The van der Waals surface area contributed by atoms with Crippen LogP contribution < -0.4 is 0 Å². The topological polar surface area (TPSA) is 20.2 Å². The van der Waals surface area contributed by atoms with Crippen molar-refractivity contribution in [1.82, 2.24) is 0 Å². The second-order valence-corrected chi connectivity index (χ2v) is 5.49. The van der Waals surface area contributed by atoms with Gasteiger partial charge in [0.1, 0.15) is 5.75 Å². The third-order valence-electron chi connectivity index (χ3n) is 1.69. The fraction of sp³-hybridized carbons (Fsp3) is 0.333. The minimum absolute atomic E-state index is 0.345. The minimum Gasteiger partial charge on any atom is -0.508 e. The molecule has 0 amide bonds. The van der Waals surface area contributed by atoms with Gasteiger partial charge in [0, 0.05) is 20.2 Å². The Labute approximate surface area is 103 Å². The molecule has 1 aromatic rings. The van der Waals surface area contributed by atoms with Crippen LogP contribution in [0, 0.1) is 0 Å². The highest BCUT2D eigenvalue weighted by Crippen LogP contribution is 2.28. The summed E-state index contributed by atoms with van der Waals surface area (Å²) in [5, 5.41) is 10.4. The predicted molar refractivity (Wildman–Crippen MR) is 66.0 cm³/mol. The van der Waals surface area contributed by atoms with Gasteiger partial charge in [0.15, 0.2) is 0 Å². The molecule has 0 saturated carbocycles. The van der Waals surface area contributed by atoms with Gasteiger partial charge in [0.25, 0.3) is 0 Å². The fourth-order valence-electron chi connectivity index (χ4n) is 1.03. The van der Waals surface area contributed by atoms with Crippen LogP contribution >= 0.6 is 47.8 Å². The zero-order chi connectivity index (χ0) is 9.84. The van der Waals surface area contributed by atoms with Gasteiger partial charge in [0.2, 0.25) is 0 Å². The normalized spacial score (nSPS) is 12.8. The monoisotopic (exact) mass is 370 g/mol. The highest BCUT2D eigenvalue weighted by Gasteiger charge is 2.10. The third-order valence-corrected chi connectivity index (χ3v) is 4.73. The first kappa shape index (κ1) is 11.5. The van der Waals surface area contributed by atoms with Crippen LogP contribution in [-0.2, 0) is 6.42 Å². The maximum Gasteiger partial charge on any atom is 0.119 e. The Morgan fingerprint density at radius 2 is 2.08 bits per heavy atom. The molecule has 0 bridgehead atoms. The van der Waals surface area contributed by atoms with E-state index in [1.807, 2.05) is 12.1 Å². The van der Waals surface area contributed by atoms with Crippen LogP contribution in [0.1, 0.15) is 5.56 Å². The van der Waals surface area contributed by atoms with Crippen molar-refractivity contribution >= 4 is 47.8 Å². The van der Waals surface area contributed by atoms with Crippen LogP contribution in [0.4, 0.5) is 0 Å². The van der Waals surface area contributed by atoms with Gasteiger partial charge in [-0.25, -0.2) is 0 Å². The minimum atomic E-state index is 0.345. The molecule has 13 heavy (non-hydrogen) atoms. The summed E-state index contributed by atoms with van der Waals surface area (Å²) in [5.41, 5.74) is 0.948. The number of benzene rings is 1. The lowest BCUT2D eigenvalue weighted by Crippen LogP contribution is -2.04. The Hall–Kier alpha value is 0.460. The zero-order valence-electron chi connectivity index (χ0n) is 6.80. The average Bonchev–Trinajstić information content (AvgIpc) is 2.11. The number of hydrogen-bond donors (Lipinski definition) is 1. The van der Waals surface area contributed by atoms with Gasteiger partial charge >= 0.3 is 0 Å². The highest BCUT2D eigenvalue weighted by molar-refractivity contribution is 9.12. The molecule has 0 spiro atoms. The number of hydrogen-bond acceptors (Lipinski definition) is 1. The first-order valence-corrected chi connectivity index (χ1v) is 6.64. The molecule has 0 fully saturated rings. The number of phenolic OH excluding ortho intramolecular Hbond substituents is 1. The second-order valence-electron chi connectivity index (χ2n) is 2.69. The molecule has 1 nitrogen and oxygen atoms in total. The second kappa shape index (κ2) is 5.37. The standard InChI is InChI=1S/C9H9Br3O/c10-5-6(11)4-7-8(12)2-1-3-9(7)13/h1-3,6,13H,4-5H2. The molecule has 1 N–H and O–H groups in total. The first-order chi connectivity index (χ1) is 6.15. The number of halogens is 3. The lowest BCUT2D eigenvalue weighted by molar-refractivity contribution is 0.467. The van der Waals surface area contributed by atoms with Gasteiger partial charge in [-0.2, -0.15) is 0 Å². The maximum absolute atomic E-state index is 9.57. The Balaban J connectivity index is 2.87. The Bertz CT molecular complexity index is 268. The summed E-state index contributed by atoms with van der Waals surface area (Å²) in [6.45, 7) is 0. The van der Waals surface area contributed by atoms with E-state index in [9.17, 15) is 5.11 Å². The van der Waals surface area contributed by atoms with Crippen molar-refractivity contribution < 1.29 is 5.11 Å². The summed E-state index contributed by atoms with van der Waals surface area (Å²) in [4.78, 5) is 0.345. The molecule has 0 heterocycles. The maximum atomic E-state index is 9.57. The number of aromatic hydroxyl groups is 1. The van der Waals surface area contributed by atoms with Crippen molar-refractivity contribution in [2.24, 2.45) is 0 Å². The molecule has 1 aromatic carbocycles. The molecule has 0 aliphatic heterocycles. The van der Waals surface area contributed by atoms with E-state index in [1.54, 1.807) is 6.07 Å². The van der Waals surface area contributed by atoms with Gasteiger partial charge in [-0.3, -0.25) is 0 Å². The summed E-state index contributed by atoms with van der Waals surface area (Å²) in [7, 11) is 0. The largest absolute Gasteiger partial charge is 0.508 e. The van der Waals surface area contributed by atoms with Gasteiger partial charge in [-0.15, -0.1) is 0 Å². The zero-order valence-corrected chi connectivity index (χ0v) is 11.6. The van der Waals surface area contributed by atoms with Gasteiger partial charge in [-0.1, -0.05) is 53.9 Å². The van der Waals surface area contributed by atoms with Crippen molar-refractivity contribution in [3.05, 3.63) is 28.2 Å². The van der Waals surface area contributed by atoms with E-state index >= 15 is 0 Å². The molecule has 1 atom stereocenters. The van der Waals surface area contributed by atoms with Crippen LogP contribution in [0.25, 0.3) is 0 Å². The van der Waals surface area contributed by atoms with E-state index in [0.29, 0.717) is 10.6 Å². The van der Waals surface area contributed by atoms with Crippen LogP contribution in [0.2, 0.25) is 0 Å². The van der Waals surface area contributed by atoms with E-state index in [2.05, 4.69) is 47.8 Å². The van der Waals surface area contributed by atoms with E-state index in [4.69, 9.17) is 0 Å². The highest BCUT2D eigenvalue weighted by atomic mass is 79.9. The molecular formula is C9H9Br3O. The van der Waals surface area contributed by atoms with Crippen molar-refractivity contribution in [3.8, 4) is 5.75 Å². The summed E-state index contributed by atoms with van der Waals surface area (Å²) in [6, 6.07) is 5.46. The SMILES string of the molecule is Oc1cccc(Br)c1CC(Br)CBr. The molecular weight excluding hydrogens is 364 g/mol. The van der Waals surface area contributed by atoms with E-state index in [0.717, 1.165) is 21.8 Å². The Kier molecular flexibility index (Phi) is 4.76. The Morgan fingerprint density at radius 3 is 2.62 bits per heavy atom. The van der Waals surface area contributed by atoms with Crippen LogP contribution in [-0.4, -0.2) is 15.3 Å². The molecule has 1 rings (SSSR count). The molecule has 0 aliphatic carbocycles. The van der Waals surface area contributed by atoms with E-state index < -0.39 is 0 Å². The molecule has 4 heteroatoms. The molecule has 0 saturated heterocycles. The summed E-state index contributed by atoms with van der Waals surface area (Å²) < 4.78 is 0.956. The lowest BCUT2D eigenvalue weighted by atomic mass is 10.1. The number of phenols is 1. The molecule has 0 aromatic heterocycles. The predicted octanol–water partition coefficient (Wildman–Crippen LogP) is 3.86. The summed E-state index contributed by atoms with van der Waals surface area (Å²) >= 11 is 10.3. The van der Waals surface area contributed by atoms with Gasteiger partial charge in [-0.05, 0) is 18.6 Å². The number of alkyl halides is 2. The van der Waals surface area contributed by atoms with Crippen molar-refractivity contribution in [3.63, 3.8) is 0 Å². The Morgan fingerprint density at radius 1 is 1.38 bits per heavy atom. The summed E-state index contributed by atoms with van der Waals surface area (Å²) in [6.07, 6.45) is 0.804. The van der Waals surface area contributed by atoms with Crippen LogP contribution in [0.3, 0.4) is 0 Å². The molecule has 1 unspecified atom stereocenters. The van der Waals surface area contributed by atoms with Gasteiger partial charge < -0.3 is 5.11 Å². The molecule has 72 valence electrons. The first-order valence-electron chi connectivity index (χ1n) is 3.81. The van der Waals surface area contributed by atoms with Crippen molar-refractivity contribution in [2.75, 3.05) is 5.33 Å². The van der Waals surface area contributed by atoms with Gasteiger partial charge in [0.05, 0.1) is 0 Å². The quantitative estimate of drug-likeness (QED) is 0.799. The third kappa shape index (κ3) is 3.26. The van der Waals surface area contributed by atoms with Crippen molar-refractivity contribution in [1.29, 1.82) is 0 Å². The van der Waals surface area contributed by atoms with E-state index in [-0.39, 0.29) is 0 Å². The fourth-order valence-corrected chi connectivity index (χ4v) is 2.10. The smallest absolute Gasteiger partial charge is 0.119 e. The van der Waals surface area contributed by atoms with Crippen LogP contribution in [0.15, 0.2) is 22.7 Å². The summed E-state index contributed by atoms with van der Waals surface area (Å²) in [5.74, 6) is 0.347. The van der Waals surface area contributed by atoms with Crippen molar-refractivity contribution in [2.45, 2.75) is 11.2 Å². The average molecular weight is 373 g/mol. The number of rotatable bonds is 3. The van der Waals surface area contributed by atoms with E-state index in [1.165, 1.54) is 0 Å². The molecule has 0 aliphatic rings.